The molecule has 0 spiro atoms. The molecule has 3 nitrogen and oxygen atoms in total. The standard InChI is InChI=1S/C16H24N2OS/c1-13(12-15-6-5-11-20-15)18(3)9-8-17-14(2)16-7-4-10-19-16/h4-7,10-11,13-14,17H,8-9,12H2,1-3H3. The van der Waals surface area contributed by atoms with E-state index in [1.807, 2.05) is 23.5 Å². The van der Waals surface area contributed by atoms with Crippen molar-refractivity contribution in [3.63, 3.8) is 0 Å². The molecular weight excluding hydrogens is 268 g/mol. The smallest absolute Gasteiger partial charge is 0.120 e. The molecule has 2 atom stereocenters. The highest BCUT2D eigenvalue weighted by Crippen LogP contribution is 2.14. The van der Waals surface area contributed by atoms with Gasteiger partial charge in [-0.1, -0.05) is 6.07 Å². The van der Waals surface area contributed by atoms with Crippen LogP contribution < -0.4 is 5.32 Å². The third-order valence-corrected chi connectivity index (χ3v) is 4.61. The van der Waals surface area contributed by atoms with E-state index in [0.29, 0.717) is 6.04 Å². The summed E-state index contributed by atoms with van der Waals surface area (Å²) in [5.74, 6) is 0.999. The second-order valence-corrected chi connectivity index (χ2v) is 6.34. The van der Waals surface area contributed by atoms with E-state index in [9.17, 15) is 0 Å². The van der Waals surface area contributed by atoms with Crippen LogP contribution in [0, 0.1) is 0 Å². The first-order valence-corrected chi connectivity index (χ1v) is 8.04. The Hall–Kier alpha value is -1.10. The third kappa shape index (κ3) is 4.47. The van der Waals surface area contributed by atoms with Gasteiger partial charge < -0.3 is 14.6 Å². The van der Waals surface area contributed by atoms with Gasteiger partial charge in [0.15, 0.2) is 0 Å². The van der Waals surface area contributed by atoms with Gasteiger partial charge >= 0.3 is 0 Å². The number of furan rings is 1. The molecule has 0 aromatic carbocycles. The van der Waals surface area contributed by atoms with Gasteiger partial charge in [0.25, 0.3) is 0 Å². The van der Waals surface area contributed by atoms with Gasteiger partial charge in [-0.15, -0.1) is 11.3 Å². The summed E-state index contributed by atoms with van der Waals surface area (Å²) in [4.78, 5) is 3.86. The molecule has 2 aromatic heterocycles. The molecule has 0 amide bonds. The number of rotatable bonds is 8. The Kier molecular flexibility index (Phi) is 5.83. The van der Waals surface area contributed by atoms with Crippen LogP contribution in [0.1, 0.15) is 30.5 Å². The molecule has 0 aliphatic carbocycles. The Morgan fingerprint density at radius 3 is 2.80 bits per heavy atom. The first kappa shape index (κ1) is 15.3. The lowest BCUT2D eigenvalue weighted by atomic mass is 10.2. The fourth-order valence-corrected chi connectivity index (χ4v) is 3.02. The van der Waals surface area contributed by atoms with Crippen LogP contribution in [-0.4, -0.2) is 31.1 Å². The Morgan fingerprint density at radius 1 is 1.30 bits per heavy atom. The van der Waals surface area contributed by atoms with Crippen LogP contribution in [0.25, 0.3) is 0 Å². The average Bonchev–Trinajstić information content (AvgIpc) is 3.11. The molecule has 0 saturated heterocycles. The Morgan fingerprint density at radius 2 is 2.15 bits per heavy atom. The minimum Gasteiger partial charge on any atom is -0.468 e. The van der Waals surface area contributed by atoms with E-state index < -0.39 is 0 Å². The maximum absolute atomic E-state index is 5.40. The maximum atomic E-state index is 5.40. The van der Waals surface area contributed by atoms with Crippen LogP contribution in [0.3, 0.4) is 0 Å². The normalized spacial score (nSPS) is 14.6. The molecule has 20 heavy (non-hydrogen) atoms. The molecule has 0 aliphatic rings. The van der Waals surface area contributed by atoms with Crippen molar-refractivity contribution in [1.82, 2.24) is 10.2 Å². The molecule has 0 radical (unpaired) electrons. The summed E-state index contributed by atoms with van der Waals surface area (Å²) >= 11 is 1.84. The zero-order valence-corrected chi connectivity index (χ0v) is 13.3. The number of thiophene rings is 1. The van der Waals surface area contributed by atoms with Gasteiger partial charge in [0, 0.05) is 24.0 Å². The first-order valence-electron chi connectivity index (χ1n) is 7.16. The molecule has 0 bridgehead atoms. The van der Waals surface area contributed by atoms with E-state index in [1.54, 1.807) is 6.26 Å². The van der Waals surface area contributed by atoms with Crippen molar-refractivity contribution in [2.75, 3.05) is 20.1 Å². The largest absolute Gasteiger partial charge is 0.468 e. The number of likely N-dealkylation sites (N-methyl/N-ethyl adjacent to an activating group) is 1. The van der Waals surface area contributed by atoms with Crippen molar-refractivity contribution < 1.29 is 4.42 Å². The summed E-state index contributed by atoms with van der Waals surface area (Å²) < 4.78 is 5.40. The summed E-state index contributed by atoms with van der Waals surface area (Å²) in [7, 11) is 2.19. The van der Waals surface area contributed by atoms with Gasteiger partial charge in [-0.3, -0.25) is 0 Å². The van der Waals surface area contributed by atoms with Crippen molar-refractivity contribution in [2.45, 2.75) is 32.4 Å². The van der Waals surface area contributed by atoms with Gasteiger partial charge in [0.2, 0.25) is 0 Å². The monoisotopic (exact) mass is 292 g/mol. The second kappa shape index (κ2) is 7.62. The second-order valence-electron chi connectivity index (χ2n) is 5.30. The SMILES string of the molecule is CC(NCCN(C)C(C)Cc1cccs1)c1ccco1. The van der Waals surface area contributed by atoms with Gasteiger partial charge in [-0.2, -0.15) is 0 Å². The van der Waals surface area contributed by atoms with E-state index in [0.717, 1.165) is 25.3 Å². The molecule has 110 valence electrons. The van der Waals surface area contributed by atoms with Crippen molar-refractivity contribution in [3.05, 3.63) is 46.5 Å². The Balaban J connectivity index is 1.68. The van der Waals surface area contributed by atoms with Crippen molar-refractivity contribution in [2.24, 2.45) is 0 Å². The van der Waals surface area contributed by atoms with Gasteiger partial charge in [-0.25, -0.2) is 0 Å². The predicted octanol–water partition coefficient (Wildman–Crippen LogP) is 3.55. The molecule has 4 heteroatoms. The molecular formula is C16H24N2OS. The van der Waals surface area contributed by atoms with Crippen LogP contribution in [0.2, 0.25) is 0 Å². The van der Waals surface area contributed by atoms with Crippen LogP contribution in [0.4, 0.5) is 0 Å². The molecule has 0 aliphatic heterocycles. The highest BCUT2D eigenvalue weighted by molar-refractivity contribution is 7.09. The first-order chi connectivity index (χ1) is 9.66. The van der Waals surface area contributed by atoms with Gasteiger partial charge in [-0.05, 0) is 50.9 Å². The summed E-state index contributed by atoms with van der Waals surface area (Å²) in [5, 5.41) is 5.64. The zero-order valence-electron chi connectivity index (χ0n) is 12.5. The van der Waals surface area contributed by atoms with Gasteiger partial charge in [0.05, 0.1) is 12.3 Å². The fraction of sp³-hybridized carbons (Fsp3) is 0.500. The molecule has 2 unspecified atom stereocenters. The molecule has 1 N–H and O–H groups in total. The summed E-state index contributed by atoms with van der Waals surface area (Å²) in [6.45, 7) is 6.42. The lowest BCUT2D eigenvalue weighted by Gasteiger charge is -2.25. The quantitative estimate of drug-likeness (QED) is 0.806. The van der Waals surface area contributed by atoms with Crippen LogP contribution in [-0.2, 0) is 6.42 Å². The average molecular weight is 292 g/mol. The summed E-state index contributed by atoms with van der Waals surface area (Å²) in [5.41, 5.74) is 0. The van der Waals surface area contributed by atoms with E-state index >= 15 is 0 Å². The van der Waals surface area contributed by atoms with E-state index in [1.165, 1.54) is 4.88 Å². The number of nitrogens with zero attached hydrogens (tertiary/aromatic N) is 1. The van der Waals surface area contributed by atoms with E-state index in [4.69, 9.17) is 4.42 Å². The van der Waals surface area contributed by atoms with Gasteiger partial charge in [0.1, 0.15) is 5.76 Å². The molecule has 0 saturated carbocycles. The van der Waals surface area contributed by atoms with E-state index in [-0.39, 0.29) is 6.04 Å². The molecule has 2 heterocycles. The zero-order chi connectivity index (χ0) is 14.4. The highest BCUT2D eigenvalue weighted by Gasteiger charge is 2.12. The fourth-order valence-electron chi connectivity index (χ4n) is 2.19. The molecule has 0 fully saturated rings. The molecule has 2 aromatic rings. The van der Waals surface area contributed by atoms with Crippen molar-refractivity contribution in [3.8, 4) is 0 Å². The number of nitrogens with one attached hydrogen (secondary N) is 1. The lowest BCUT2D eigenvalue weighted by molar-refractivity contribution is 0.252. The Labute approximate surface area is 125 Å². The maximum Gasteiger partial charge on any atom is 0.120 e. The van der Waals surface area contributed by atoms with Crippen molar-refractivity contribution in [1.29, 1.82) is 0 Å². The minimum absolute atomic E-state index is 0.269. The van der Waals surface area contributed by atoms with Crippen LogP contribution in [0.15, 0.2) is 40.3 Å². The Bertz CT molecular complexity index is 467. The van der Waals surface area contributed by atoms with Crippen molar-refractivity contribution >= 4 is 11.3 Å². The summed E-state index contributed by atoms with van der Waals surface area (Å²) in [6.07, 6.45) is 2.85. The third-order valence-electron chi connectivity index (χ3n) is 3.71. The predicted molar refractivity (Wildman–Crippen MR) is 85.2 cm³/mol. The van der Waals surface area contributed by atoms with E-state index in [2.05, 4.69) is 48.6 Å². The van der Waals surface area contributed by atoms with Crippen LogP contribution in [0.5, 0.6) is 0 Å². The number of hydrogen-bond acceptors (Lipinski definition) is 4. The summed E-state index contributed by atoms with van der Waals surface area (Å²) in [6, 6.07) is 9.12. The van der Waals surface area contributed by atoms with Crippen LogP contribution >= 0.6 is 11.3 Å². The topological polar surface area (TPSA) is 28.4 Å². The highest BCUT2D eigenvalue weighted by atomic mass is 32.1. The minimum atomic E-state index is 0.269. The lowest BCUT2D eigenvalue weighted by Crippen LogP contribution is -2.37. The molecule has 2 rings (SSSR count). The number of hydrogen-bond donors (Lipinski definition) is 1.